The van der Waals surface area contributed by atoms with E-state index in [1.54, 1.807) is 11.3 Å². The van der Waals surface area contributed by atoms with E-state index in [1.165, 1.54) is 30.6 Å². The van der Waals surface area contributed by atoms with Crippen molar-refractivity contribution in [2.75, 3.05) is 26.3 Å². The first-order valence-corrected chi connectivity index (χ1v) is 10.0. The maximum atomic E-state index is 5.60. The minimum absolute atomic E-state index is 0. The van der Waals surface area contributed by atoms with Gasteiger partial charge in [0, 0.05) is 37.4 Å². The average molecular weight is 480 g/mol. The summed E-state index contributed by atoms with van der Waals surface area (Å²) in [5.74, 6) is 0.896. The number of hydrogen-bond donors (Lipinski definition) is 2. The third-order valence-corrected chi connectivity index (χ3v) is 5.56. The third kappa shape index (κ3) is 7.78. The van der Waals surface area contributed by atoms with Crippen LogP contribution in [0.25, 0.3) is 0 Å². The Morgan fingerprint density at radius 2 is 2.08 bits per heavy atom. The van der Waals surface area contributed by atoms with Crippen molar-refractivity contribution < 1.29 is 4.74 Å². The maximum absolute atomic E-state index is 5.60. The van der Waals surface area contributed by atoms with Gasteiger partial charge < -0.3 is 15.4 Å². The van der Waals surface area contributed by atoms with Gasteiger partial charge in [0.2, 0.25) is 0 Å². The first kappa shape index (κ1) is 22.6. The zero-order chi connectivity index (χ0) is 17.3. The van der Waals surface area contributed by atoms with Crippen molar-refractivity contribution in [1.82, 2.24) is 15.6 Å². The van der Waals surface area contributed by atoms with E-state index in [2.05, 4.69) is 36.4 Å². The fourth-order valence-corrected chi connectivity index (χ4v) is 4.02. The van der Waals surface area contributed by atoms with Crippen LogP contribution in [0.2, 0.25) is 0 Å². The number of ether oxygens (including phenoxy) is 1. The van der Waals surface area contributed by atoms with E-state index in [4.69, 9.17) is 9.73 Å². The van der Waals surface area contributed by atoms with E-state index in [9.17, 15) is 0 Å². The molecule has 5 nitrogen and oxygen atoms in total. The molecule has 0 radical (unpaired) electrons. The molecule has 25 heavy (non-hydrogen) atoms. The topological polar surface area (TPSA) is 58.5 Å². The highest BCUT2D eigenvalue weighted by Gasteiger charge is 2.33. The van der Waals surface area contributed by atoms with Gasteiger partial charge in [0.1, 0.15) is 5.01 Å². The first-order chi connectivity index (χ1) is 11.7. The van der Waals surface area contributed by atoms with Crippen molar-refractivity contribution >= 4 is 41.3 Å². The van der Waals surface area contributed by atoms with Crippen LogP contribution in [0.15, 0.2) is 11.2 Å². The van der Waals surface area contributed by atoms with E-state index in [-0.39, 0.29) is 24.0 Å². The van der Waals surface area contributed by atoms with Crippen LogP contribution in [-0.2, 0) is 11.3 Å². The lowest BCUT2D eigenvalue weighted by atomic mass is 9.83. The molecule has 1 aliphatic rings. The van der Waals surface area contributed by atoms with Crippen LogP contribution >= 0.6 is 35.3 Å². The monoisotopic (exact) mass is 480 g/mol. The lowest BCUT2D eigenvalue weighted by molar-refractivity contribution is 0.105. The van der Waals surface area contributed by atoms with Gasteiger partial charge in [0.25, 0.3) is 0 Å². The van der Waals surface area contributed by atoms with Gasteiger partial charge in [-0.25, -0.2) is 9.98 Å². The van der Waals surface area contributed by atoms with Crippen LogP contribution in [0.4, 0.5) is 0 Å². The smallest absolute Gasteiger partial charge is 0.191 e. The number of hydrogen-bond acceptors (Lipinski definition) is 4. The van der Waals surface area contributed by atoms with Crippen molar-refractivity contribution in [1.29, 1.82) is 0 Å². The SMILES string of the molecule is CCNC(=NCc1ncc(C)s1)NCC1(CCOCC)CCCC1.I. The van der Waals surface area contributed by atoms with Gasteiger partial charge in [0.05, 0.1) is 6.54 Å². The van der Waals surface area contributed by atoms with Crippen LogP contribution in [0.3, 0.4) is 0 Å². The Labute approximate surface area is 173 Å². The third-order valence-electron chi connectivity index (χ3n) is 4.66. The molecule has 7 heteroatoms. The van der Waals surface area contributed by atoms with Crippen LogP contribution in [0.1, 0.15) is 55.8 Å². The van der Waals surface area contributed by atoms with Crippen LogP contribution in [-0.4, -0.2) is 37.2 Å². The van der Waals surface area contributed by atoms with Gasteiger partial charge in [-0.2, -0.15) is 0 Å². The van der Waals surface area contributed by atoms with Gasteiger partial charge in [-0.15, -0.1) is 35.3 Å². The zero-order valence-corrected chi connectivity index (χ0v) is 18.9. The number of guanidine groups is 1. The normalized spacial score (nSPS) is 16.5. The van der Waals surface area contributed by atoms with Crippen molar-refractivity contribution in [3.05, 3.63) is 16.1 Å². The molecule has 0 unspecified atom stereocenters. The van der Waals surface area contributed by atoms with Gasteiger partial charge in [0.15, 0.2) is 5.96 Å². The molecule has 1 aromatic rings. The molecule has 0 saturated heterocycles. The minimum atomic E-state index is 0. The number of thiazole rings is 1. The van der Waals surface area contributed by atoms with Crippen LogP contribution < -0.4 is 10.6 Å². The molecular weight excluding hydrogens is 447 g/mol. The quantitative estimate of drug-likeness (QED) is 0.242. The molecule has 0 aromatic carbocycles. The summed E-state index contributed by atoms with van der Waals surface area (Å²) in [4.78, 5) is 10.3. The molecule has 144 valence electrons. The molecule has 0 amide bonds. The summed E-state index contributed by atoms with van der Waals surface area (Å²) in [6.07, 6.45) is 8.30. The molecular formula is C18H33IN4OS. The second-order valence-electron chi connectivity index (χ2n) is 6.57. The van der Waals surface area contributed by atoms with Crippen LogP contribution in [0.5, 0.6) is 0 Å². The van der Waals surface area contributed by atoms with Gasteiger partial charge >= 0.3 is 0 Å². The second-order valence-corrected chi connectivity index (χ2v) is 7.89. The molecule has 1 aromatic heterocycles. The van der Waals surface area contributed by atoms with Gasteiger partial charge in [-0.1, -0.05) is 12.8 Å². The molecule has 2 rings (SSSR count). The van der Waals surface area contributed by atoms with E-state index >= 15 is 0 Å². The number of aliphatic imine (C=N–C) groups is 1. The van der Waals surface area contributed by atoms with Crippen molar-refractivity contribution in [3.63, 3.8) is 0 Å². The predicted octanol–water partition coefficient (Wildman–Crippen LogP) is 4.11. The van der Waals surface area contributed by atoms with Crippen molar-refractivity contribution in [3.8, 4) is 0 Å². The summed E-state index contributed by atoms with van der Waals surface area (Å²) in [6, 6.07) is 0. The summed E-state index contributed by atoms with van der Waals surface area (Å²) in [5.41, 5.74) is 0.364. The number of nitrogens with one attached hydrogen (secondary N) is 2. The fourth-order valence-electron chi connectivity index (χ4n) is 3.31. The Morgan fingerprint density at radius 3 is 2.68 bits per heavy atom. The number of aryl methyl sites for hydroxylation is 1. The van der Waals surface area contributed by atoms with E-state index in [0.717, 1.165) is 43.7 Å². The average Bonchev–Trinajstić information content (AvgIpc) is 3.20. The number of aromatic nitrogens is 1. The number of nitrogens with zero attached hydrogens (tertiary/aromatic N) is 2. The molecule has 1 saturated carbocycles. The highest BCUT2D eigenvalue weighted by atomic mass is 127. The second kappa shape index (κ2) is 12.1. The predicted molar refractivity (Wildman–Crippen MR) is 117 cm³/mol. The Balaban J connectivity index is 0.00000312. The highest BCUT2D eigenvalue weighted by molar-refractivity contribution is 14.0. The number of halogens is 1. The molecule has 0 aliphatic heterocycles. The molecule has 1 fully saturated rings. The molecule has 0 atom stereocenters. The summed E-state index contributed by atoms with van der Waals surface area (Å²) in [5, 5.41) is 7.99. The Morgan fingerprint density at radius 1 is 1.32 bits per heavy atom. The summed E-state index contributed by atoms with van der Waals surface area (Å²) in [7, 11) is 0. The summed E-state index contributed by atoms with van der Waals surface area (Å²) < 4.78 is 5.60. The lowest BCUT2D eigenvalue weighted by Crippen LogP contribution is -2.43. The van der Waals surface area contributed by atoms with Crippen LogP contribution in [0, 0.1) is 12.3 Å². The molecule has 2 N–H and O–H groups in total. The first-order valence-electron chi connectivity index (χ1n) is 9.19. The van der Waals surface area contributed by atoms with E-state index in [1.807, 2.05) is 6.20 Å². The van der Waals surface area contributed by atoms with Crippen molar-refractivity contribution in [2.24, 2.45) is 10.4 Å². The molecule has 1 heterocycles. The maximum Gasteiger partial charge on any atom is 0.191 e. The largest absolute Gasteiger partial charge is 0.382 e. The summed E-state index contributed by atoms with van der Waals surface area (Å²) >= 11 is 1.71. The highest BCUT2D eigenvalue weighted by Crippen LogP contribution is 2.40. The van der Waals surface area contributed by atoms with E-state index in [0.29, 0.717) is 12.0 Å². The fraction of sp³-hybridized carbons (Fsp3) is 0.778. The lowest BCUT2D eigenvalue weighted by Gasteiger charge is -2.30. The van der Waals surface area contributed by atoms with Crippen molar-refractivity contribution in [2.45, 2.75) is 59.4 Å². The Hall–Kier alpha value is -0.410. The Bertz CT molecular complexity index is 515. The minimum Gasteiger partial charge on any atom is -0.382 e. The Kier molecular flexibility index (Phi) is 10.9. The summed E-state index contributed by atoms with van der Waals surface area (Å²) in [6.45, 7) is 10.4. The van der Waals surface area contributed by atoms with E-state index < -0.39 is 0 Å². The van der Waals surface area contributed by atoms with Gasteiger partial charge in [-0.3, -0.25) is 0 Å². The van der Waals surface area contributed by atoms with Gasteiger partial charge in [-0.05, 0) is 45.4 Å². The molecule has 0 bridgehead atoms. The molecule has 0 spiro atoms. The zero-order valence-electron chi connectivity index (χ0n) is 15.8. The number of rotatable bonds is 9. The standard InChI is InChI=1S/C18H32N4OS.HI/c1-4-19-17(21-13-16-20-12-15(3)24-16)22-14-18(8-6-7-9-18)10-11-23-5-2;/h12H,4-11,13-14H2,1-3H3,(H2,19,21,22);1H. The molecule has 1 aliphatic carbocycles.